The molecule has 2 rings (SSSR count). The summed E-state index contributed by atoms with van der Waals surface area (Å²) in [6, 6.07) is 5.27. The molecule has 2 aromatic rings. The molecule has 0 aliphatic heterocycles. The summed E-state index contributed by atoms with van der Waals surface area (Å²) >= 11 is 0. The molecule has 0 spiro atoms. The van der Waals surface area contributed by atoms with Gasteiger partial charge in [0.2, 0.25) is 0 Å². The van der Waals surface area contributed by atoms with E-state index in [-0.39, 0.29) is 12.4 Å². The zero-order valence-corrected chi connectivity index (χ0v) is 14.6. The molecule has 0 aliphatic rings. The standard InChI is InChI=1S/C14H19F3N4O2Si/c1-24(2,3)7-6-23-9-21-12-5-4-10(8-11(12)19-20-21)18-13(22)14(15,16)17/h4-5,8H,6-7,9H2,1-3H3,(H,18,22). The Morgan fingerprint density at radius 1 is 1.33 bits per heavy atom. The number of nitrogens with one attached hydrogen (secondary N) is 1. The lowest BCUT2D eigenvalue weighted by Gasteiger charge is -2.15. The molecule has 0 radical (unpaired) electrons. The highest BCUT2D eigenvalue weighted by molar-refractivity contribution is 6.76. The molecular weight excluding hydrogens is 341 g/mol. The van der Waals surface area contributed by atoms with E-state index in [9.17, 15) is 18.0 Å². The van der Waals surface area contributed by atoms with Gasteiger partial charge < -0.3 is 10.1 Å². The van der Waals surface area contributed by atoms with Gasteiger partial charge in [-0.25, -0.2) is 4.68 Å². The smallest absolute Gasteiger partial charge is 0.359 e. The summed E-state index contributed by atoms with van der Waals surface area (Å²) < 4.78 is 43.9. The van der Waals surface area contributed by atoms with Crippen LogP contribution in [-0.4, -0.2) is 41.8 Å². The predicted octanol–water partition coefficient (Wildman–Crippen LogP) is 3.24. The van der Waals surface area contributed by atoms with Crippen LogP contribution >= 0.6 is 0 Å². The number of amides is 1. The van der Waals surface area contributed by atoms with E-state index in [0.717, 1.165) is 6.04 Å². The number of nitrogens with zero attached hydrogens (tertiary/aromatic N) is 3. The summed E-state index contributed by atoms with van der Waals surface area (Å²) in [5.74, 6) is -2.02. The van der Waals surface area contributed by atoms with Crippen LogP contribution in [0.15, 0.2) is 18.2 Å². The Hall–Kier alpha value is -1.94. The number of halogens is 3. The molecule has 24 heavy (non-hydrogen) atoms. The SMILES string of the molecule is C[Si](C)(C)CCOCn1nnc2cc(NC(=O)C(F)(F)F)ccc21. The van der Waals surface area contributed by atoms with Crippen molar-refractivity contribution in [2.75, 3.05) is 11.9 Å². The number of anilines is 1. The molecule has 6 nitrogen and oxygen atoms in total. The van der Waals surface area contributed by atoms with Gasteiger partial charge in [-0.05, 0) is 24.2 Å². The number of benzene rings is 1. The molecule has 0 unspecified atom stereocenters. The van der Waals surface area contributed by atoms with Crippen molar-refractivity contribution in [3.8, 4) is 0 Å². The Balaban J connectivity index is 2.02. The van der Waals surface area contributed by atoms with Gasteiger partial charge in [-0.1, -0.05) is 24.9 Å². The van der Waals surface area contributed by atoms with Gasteiger partial charge in [-0.3, -0.25) is 4.79 Å². The lowest BCUT2D eigenvalue weighted by atomic mass is 10.2. The zero-order chi connectivity index (χ0) is 18.0. The van der Waals surface area contributed by atoms with E-state index in [1.807, 2.05) is 0 Å². The summed E-state index contributed by atoms with van der Waals surface area (Å²) in [5.41, 5.74) is 1.01. The number of alkyl halides is 3. The maximum absolute atomic E-state index is 12.3. The van der Waals surface area contributed by atoms with Gasteiger partial charge in [0.05, 0.1) is 5.52 Å². The number of fused-ring (bicyclic) bond motifs is 1. The van der Waals surface area contributed by atoms with Crippen LogP contribution in [0.4, 0.5) is 18.9 Å². The van der Waals surface area contributed by atoms with Gasteiger partial charge in [0.1, 0.15) is 12.2 Å². The summed E-state index contributed by atoms with van der Waals surface area (Å²) in [6.45, 7) is 7.58. The van der Waals surface area contributed by atoms with E-state index in [4.69, 9.17) is 4.74 Å². The van der Waals surface area contributed by atoms with Crippen LogP contribution in [0.3, 0.4) is 0 Å². The Morgan fingerprint density at radius 2 is 2.04 bits per heavy atom. The Kier molecular flexibility index (Phi) is 5.28. The minimum atomic E-state index is -4.93. The Labute approximate surface area is 138 Å². The number of hydrogen-bond acceptors (Lipinski definition) is 4. The maximum Gasteiger partial charge on any atom is 0.471 e. The fraction of sp³-hybridized carbons (Fsp3) is 0.500. The molecule has 1 aromatic heterocycles. The van der Waals surface area contributed by atoms with Crippen LogP contribution in [0, 0.1) is 0 Å². The second-order valence-electron chi connectivity index (χ2n) is 6.59. The number of rotatable bonds is 6. The summed E-state index contributed by atoms with van der Waals surface area (Å²) in [7, 11) is -1.17. The highest BCUT2D eigenvalue weighted by Crippen LogP contribution is 2.21. The van der Waals surface area contributed by atoms with Crippen molar-refractivity contribution in [1.29, 1.82) is 0 Å². The van der Waals surface area contributed by atoms with Gasteiger partial charge in [0.15, 0.2) is 0 Å². The molecule has 0 saturated heterocycles. The maximum atomic E-state index is 12.3. The van der Waals surface area contributed by atoms with Crippen molar-refractivity contribution in [2.45, 2.75) is 38.6 Å². The number of carbonyl (C=O) groups is 1. The van der Waals surface area contributed by atoms with Crippen LogP contribution < -0.4 is 5.32 Å². The first-order valence-electron chi connectivity index (χ1n) is 7.35. The van der Waals surface area contributed by atoms with Crippen LogP contribution in [0.1, 0.15) is 0 Å². The van der Waals surface area contributed by atoms with Gasteiger partial charge in [-0.2, -0.15) is 13.2 Å². The average Bonchev–Trinajstić information content (AvgIpc) is 2.84. The van der Waals surface area contributed by atoms with Crippen LogP contribution in [0.2, 0.25) is 25.7 Å². The van der Waals surface area contributed by atoms with Crippen molar-refractivity contribution in [2.24, 2.45) is 0 Å². The summed E-state index contributed by atoms with van der Waals surface area (Å²) in [5, 5.41) is 9.59. The number of aromatic nitrogens is 3. The first-order valence-corrected chi connectivity index (χ1v) is 11.1. The molecule has 1 N–H and O–H groups in total. The molecule has 1 amide bonds. The average molecular weight is 360 g/mol. The number of hydrogen-bond donors (Lipinski definition) is 1. The third kappa shape index (κ3) is 5.03. The Bertz CT molecular complexity index is 725. The van der Waals surface area contributed by atoms with Crippen molar-refractivity contribution in [1.82, 2.24) is 15.0 Å². The third-order valence-corrected chi connectivity index (χ3v) is 4.94. The quantitative estimate of drug-likeness (QED) is 0.634. The third-order valence-electron chi connectivity index (χ3n) is 3.24. The first kappa shape index (κ1) is 18.4. The number of ether oxygens (including phenoxy) is 1. The predicted molar refractivity (Wildman–Crippen MR) is 86.3 cm³/mol. The van der Waals surface area contributed by atoms with Gasteiger partial charge >= 0.3 is 12.1 Å². The summed E-state index contributed by atoms with van der Waals surface area (Å²) in [4.78, 5) is 10.9. The molecule has 132 valence electrons. The second kappa shape index (κ2) is 6.89. The van der Waals surface area contributed by atoms with E-state index < -0.39 is 20.2 Å². The van der Waals surface area contributed by atoms with Crippen molar-refractivity contribution >= 4 is 30.7 Å². The molecule has 10 heteroatoms. The molecule has 0 aliphatic carbocycles. The highest BCUT2D eigenvalue weighted by Gasteiger charge is 2.38. The fourth-order valence-corrected chi connectivity index (χ4v) is 2.63. The van der Waals surface area contributed by atoms with Crippen molar-refractivity contribution in [3.63, 3.8) is 0 Å². The van der Waals surface area contributed by atoms with Gasteiger partial charge in [0, 0.05) is 20.4 Å². The van der Waals surface area contributed by atoms with Gasteiger partial charge in [-0.15, -0.1) is 5.10 Å². The van der Waals surface area contributed by atoms with E-state index >= 15 is 0 Å². The van der Waals surface area contributed by atoms with Crippen LogP contribution in [0.25, 0.3) is 11.0 Å². The molecular formula is C14H19F3N4O2Si. The first-order chi connectivity index (χ1) is 11.1. The number of carbonyl (C=O) groups excluding carboxylic acids is 1. The lowest BCUT2D eigenvalue weighted by Crippen LogP contribution is -2.29. The highest BCUT2D eigenvalue weighted by atomic mass is 28.3. The minimum absolute atomic E-state index is 0.0107. The van der Waals surface area contributed by atoms with E-state index in [2.05, 4.69) is 30.0 Å². The van der Waals surface area contributed by atoms with Crippen molar-refractivity contribution < 1.29 is 22.7 Å². The molecule has 0 fully saturated rings. The second-order valence-corrected chi connectivity index (χ2v) is 12.2. The zero-order valence-electron chi connectivity index (χ0n) is 13.6. The molecule has 1 heterocycles. The van der Waals surface area contributed by atoms with E-state index in [1.54, 1.807) is 11.4 Å². The van der Waals surface area contributed by atoms with E-state index in [1.165, 1.54) is 16.8 Å². The minimum Gasteiger partial charge on any atom is -0.359 e. The normalized spacial score (nSPS) is 12.6. The van der Waals surface area contributed by atoms with Crippen LogP contribution in [-0.2, 0) is 16.3 Å². The van der Waals surface area contributed by atoms with Crippen molar-refractivity contribution in [3.05, 3.63) is 18.2 Å². The van der Waals surface area contributed by atoms with Gasteiger partial charge in [0.25, 0.3) is 0 Å². The Morgan fingerprint density at radius 3 is 2.67 bits per heavy atom. The fourth-order valence-electron chi connectivity index (χ4n) is 1.88. The molecule has 0 saturated carbocycles. The molecule has 0 atom stereocenters. The van der Waals surface area contributed by atoms with Crippen LogP contribution in [0.5, 0.6) is 0 Å². The molecule has 0 bridgehead atoms. The lowest BCUT2D eigenvalue weighted by molar-refractivity contribution is -0.167. The largest absolute Gasteiger partial charge is 0.471 e. The molecule has 1 aromatic carbocycles. The summed E-state index contributed by atoms with van der Waals surface area (Å²) in [6.07, 6.45) is -4.93. The van der Waals surface area contributed by atoms with E-state index in [0.29, 0.717) is 17.6 Å². The topological polar surface area (TPSA) is 69.0 Å². The monoisotopic (exact) mass is 360 g/mol.